The molecule has 0 saturated heterocycles. The summed E-state index contributed by atoms with van der Waals surface area (Å²) in [6.45, 7) is 46.2. The van der Waals surface area contributed by atoms with Crippen LogP contribution in [0, 0.1) is 20.8 Å². The van der Waals surface area contributed by atoms with Crippen molar-refractivity contribution in [2.45, 2.75) is 590 Å². The van der Waals surface area contributed by atoms with Crippen LogP contribution < -0.4 is 27.1 Å². The van der Waals surface area contributed by atoms with Gasteiger partial charge in [-0.1, -0.05) is 531 Å². The van der Waals surface area contributed by atoms with Gasteiger partial charge in [-0.05, 0) is 212 Å². The molecule has 0 amide bonds. The Bertz CT molecular complexity index is 4020. The summed E-state index contributed by atoms with van der Waals surface area (Å²) in [5.74, 6) is 4.81. The molecule has 806 valence electrons. The van der Waals surface area contributed by atoms with Crippen LogP contribution in [0.2, 0.25) is 0 Å². The Morgan fingerprint density at radius 2 is 0.437 bits per heavy atom. The van der Waals surface area contributed by atoms with Gasteiger partial charge in [0.05, 0.1) is 19.8 Å². The molecule has 0 saturated carbocycles. The van der Waals surface area contributed by atoms with Crippen molar-refractivity contribution in [1.29, 1.82) is 0 Å². The van der Waals surface area contributed by atoms with E-state index in [1.54, 1.807) is 0 Å². The monoisotopic (exact) mass is 2020 g/mol. The lowest BCUT2D eigenvalue weighted by Gasteiger charge is -2.33. The van der Waals surface area contributed by atoms with Crippen LogP contribution in [-0.4, -0.2) is 19.8 Å². The van der Waals surface area contributed by atoms with Crippen molar-refractivity contribution in [1.82, 2.24) is 0 Å². The second kappa shape index (κ2) is 77.6. The van der Waals surface area contributed by atoms with Crippen LogP contribution >= 0.6 is 25.8 Å². The van der Waals surface area contributed by atoms with Gasteiger partial charge in [-0.25, -0.2) is 0 Å². The van der Waals surface area contributed by atoms with Gasteiger partial charge in [0.2, 0.25) is 0 Å². The molecule has 3 atom stereocenters. The third-order valence-corrected chi connectivity index (χ3v) is 32.7. The molecule has 0 aromatic heterocycles. The lowest BCUT2D eigenvalue weighted by molar-refractivity contribution is 0.197. The van der Waals surface area contributed by atoms with E-state index in [0.717, 1.165) is 128 Å². The molecule has 0 radical (unpaired) electrons. The van der Waals surface area contributed by atoms with Gasteiger partial charge in [-0.2, -0.15) is 0 Å². The van der Waals surface area contributed by atoms with Gasteiger partial charge < -0.3 is 36.2 Å². The molecular formula is C130H217O9P3. The number of rotatable bonds is 89. The number of hydrogen-bond donors (Lipinski definition) is 0. The summed E-state index contributed by atoms with van der Waals surface area (Å²) >= 11 is 0. The Balaban J connectivity index is 1.43. The van der Waals surface area contributed by atoms with Crippen molar-refractivity contribution in [3.05, 3.63) is 176 Å². The molecule has 0 aliphatic carbocycles. The average molecular weight is 2020 g/mol. The maximum absolute atomic E-state index is 7.45. The minimum atomic E-state index is -1.99. The van der Waals surface area contributed by atoms with Crippen LogP contribution in [0.4, 0.5) is 0 Å². The van der Waals surface area contributed by atoms with Crippen LogP contribution in [0.1, 0.15) is 600 Å². The molecule has 0 N–H and O–H groups in total. The molecule has 0 bridgehead atoms. The van der Waals surface area contributed by atoms with Crippen LogP contribution in [0.15, 0.2) is 109 Å². The number of hydrogen-bond acceptors (Lipinski definition) is 9. The predicted molar refractivity (Wildman–Crippen MR) is 622 cm³/mol. The topological polar surface area (TPSA) is 83.1 Å². The van der Waals surface area contributed by atoms with Crippen molar-refractivity contribution in [3.63, 3.8) is 0 Å². The zero-order valence-corrected chi connectivity index (χ0v) is 98.2. The Morgan fingerprint density at radius 1 is 0.225 bits per heavy atom. The fourth-order valence-electron chi connectivity index (χ4n) is 20.4. The third kappa shape index (κ3) is 55.7. The minimum Gasteiger partial charge on any atom is -0.426 e. The predicted octanol–water partition coefficient (Wildman–Crippen LogP) is 45.3. The molecule has 0 fully saturated rings. The Hall–Kier alpha value is -4.71. The zero-order valence-electron chi connectivity index (χ0n) is 95.6. The zero-order chi connectivity index (χ0) is 102. The van der Waals surface area contributed by atoms with Crippen LogP contribution in [0.5, 0.6) is 34.5 Å². The number of unbranched alkanes of at least 4 members (excludes halogenated alkanes) is 57. The van der Waals surface area contributed by atoms with Gasteiger partial charge in [0.25, 0.3) is 0 Å². The largest absolute Gasteiger partial charge is 0.530 e. The van der Waals surface area contributed by atoms with Gasteiger partial charge in [0.1, 0.15) is 34.5 Å². The van der Waals surface area contributed by atoms with E-state index in [-0.39, 0.29) is 28.1 Å². The summed E-state index contributed by atoms with van der Waals surface area (Å²) in [5, 5.41) is 0. The summed E-state index contributed by atoms with van der Waals surface area (Å²) in [5.41, 5.74) is 13.7. The number of aryl methyl sites for hydroxylation is 6. The van der Waals surface area contributed by atoms with Gasteiger partial charge in [0, 0.05) is 22.6 Å². The van der Waals surface area contributed by atoms with Crippen LogP contribution in [0.3, 0.4) is 0 Å². The highest BCUT2D eigenvalue weighted by Crippen LogP contribution is 2.53. The summed E-state index contributed by atoms with van der Waals surface area (Å²) in [4.78, 5) is 0. The van der Waals surface area contributed by atoms with Gasteiger partial charge >= 0.3 is 25.8 Å². The molecule has 6 aromatic carbocycles. The molecule has 0 aliphatic heterocycles. The minimum absolute atomic E-state index is 0.0692. The SMILES string of the molecule is CCCCCCCCCCCCCCCCOP(OCCCCCCCCCCCCCCCC)Oc1cc(C)c(C(CC(C)c2cc(C(C)(C)C)c(OP(Oc3cccc(CCCCCCCCC)c3)Oc3cccc(CCCCCCCCC)c3)cc2C)c2cc(C(C)(C)C)c(OP(OCCCCCCCCCCCCCCCC)Oc3cccc(CCCCCCCCC)c3)cc2C)cc1C(C)(C)C. The van der Waals surface area contributed by atoms with Gasteiger partial charge in [-0.15, -0.1) is 0 Å². The maximum Gasteiger partial charge on any atom is 0.530 e. The van der Waals surface area contributed by atoms with E-state index >= 15 is 0 Å². The van der Waals surface area contributed by atoms with E-state index in [1.165, 1.54) is 403 Å². The van der Waals surface area contributed by atoms with Gasteiger partial charge in [0.15, 0.2) is 0 Å². The van der Waals surface area contributed by atoms with E-state index in [1.807, 2.05) is 0 Å². The Kier molecular flexibility index (Phi) is 68.8. The highest BCUT2D eigenvalue weighted by atomic mass is 31.2. The molecule has 12 heteroatoms. The lowest BCUT2D eigenvalue weighted by atomic mass is 9.74. The van der Waals surface area contributed by atoms with Crippen molar-refractivity contribution in [3.8, 4) is 34.5 Å². The van der Waals surface area contributed by atoms with Crippen molar-refractivity contribution in [2.24, 2.45) is 0 Å². The first-order valence-corrected chi connectivity index (χ1v) is 63.3. The highest BCUT2D eigenvalue weighted by Gasteiger charge is 2.35. The second-order valence-corrected chi connectivity index (χ2v) is 49.3. The molecule has 142 heavy (non-hydrogen) atoms. The first kappa shape index (κ1) is 126. The smallest absolute Gasteiger partial charge is 0.426 e. The second-order valence-electron chi connectivity index (χ2n) is 46.1. The third-order valence-electron chi connectivity index (χ3n) is 29.4. The Morgan fingerprint density at radius 3 is 0.697 bits per heavy atom. The summed E-state index contributed by atoms with van der Waals surface area (Å²) < 4.78 is 64.4. The molecule has 0 aliphatic rings. The summed E-state index contributed by atoms with van der Waals surface area (Å²) in [6, 6.07) is 40.7. The Labute approximate surface area is 880 Å². The van der Waals surface area contributed by atoms with E-state index < -0.39 is 25.8 Å². The van der Waals surface area contributed by atoms with E-state index in [4.69, 9.17) is 40.7 Å². The molecule has 6 rings (SSSR count). The van der Waals surface area contributed by atoms with Crippen LogP contribution in [-0.2, 0) is 49.1 Å². The van der Waals surface area contributed by atoms with E-state index in [9.17, 15) is 0 Å². The molecule has 3 unspecified atom stereocenters. The molecular weight excluding hydrogens is 1800 g/mol. The van der Waals surface area contributed by atoms with E-state index in [0.29, 0.717) is 19.8 Å². The fraction of sp³-hybridized carbons (Fsp3) is 0.723. The molecule has 6 aromatic rings. The maximum atomic E-state index is 7.45. The fourth-order valence-corrected chi connectivity index (χ4v) is 23.5. The standard InChI is InChI=1S/C130H217O9P3/c1-20-26-32-38-44-47-50-53-56-59-62-68-74-80-95-131-140(132-96-81-75-69-63-60-57-54-51-48-45-39-33-27-21-2)137-125-100-110(9)119(106-123(125)129(14,15)16)121(120-107-124(130(17,18)19)126(101-111(120)10)138-141(133-97-82-76-70-64-61-58-55-52-49-46-40-34-28-22-3)134-115-92-83-89-112(102-115)86-77-71-65-41-35-29-23-4)98-108(7)118-105-122(128(11,12)13)127(99-109(118)8)139-142(135-116-93-84-90-113(103-116)87-78-72-66-42-36-30-24-5)136-117-94-85-91-114(104-117)88-79-73-67-43-37-31-25-6/h83-85,89-94,99-108,121H,20-82,86-88,95-98H2,1-19H3. The average Bonchev–Trinajstić information content (AvgIpc) is 0.731. The summed E-state index contributed by atoms with van der Waals surface area (Å²) in [6.07, 6.45) is 85.9. The lowest BCUT2D eigenvalue weighted by Crippen LogP contribution is -2.19. The van der Waals surface area contributed by atoms with Crippen molar-refractivity contribution in [2.75, 3.05) is 19.8 Å². The van der Waals surface area contributed by atoms with E-state index in [2.05, 4.69) is 241 Å². The first-order valence-electron chi connectivity index (χ1n) is 60.0. The van der Waals surface area contributed by atoms with Crippen molar-refractivity contribution >= 4 is 25.8 Å². The summed E-state index contributed by atoms with van der Waals surface area (Å²) in [7, 11) is -5.56. The quantitative estimate of drug-likeness (QED) is 0.0274. The van der Waals surface area contributed by atoms with Crippen molar-refractivity contribution < 1.29 is 40.7 Å². The number of benzene rings is 6. The molecule has 0 spiro atoms. The van der Waals surface area contributed by atoms with Gasteiger partial charge in [-0.3, -0.25) is 4.52 Å². The molecule has 0 heterocycles. The first-order chi connectivity index (χ1) is 68.9. The van der Waals surface area contributed by atoms with Crippen LogP contribution in [0.25, 0.3) is 0 Å². The molecule has 9 nitrogen and oxygen atoms in total. The normalized spacial score (nSPS) is 12.7. The highest BCUT2D eigenvalue weighted by molar-refractivity contribution is 7.43.